The van der Waals surface area contributed by atoms with Crippen molar-refractivity contribution in [1.29, 1.82) is 5.26 Å². The van der Waals surface area contributed by atoms with Gasteiger partial charge in [-0.1, -0.05) is 17.7 Å². The Labute approximate surface area is 96.3 Å². The zero-order valence-corrected chi connectivity index (χ0v) is 8.90. The molecule has 1 aromatic carbocycles. The summed E-state index contributed by atoms with van der Waals surface area (Å²) in [5.41, 5.74) is 0.841. The SMILES string of the molecule is N#CCn1cc(C(=O)O)c2ccc(Cl)cc21. The van der Waals surface area contributed by atoms with Crippen molar-refractivity contribution >= 4 is 28.5 Å². The van der Waals surface area contributed by atoms with E-state index >= 15 is 0 Å². The van der Waals surface area contributed by atoms with E-state index < -0.39 is 5.97 Å². The summed E-state index contributed by atoms with van der Waals surface area (Å²) in [6.07, 6.45) is 1.45. The van der Waals surface area contributed by atoms with Crippen molar-refractivity contribution in [3.63, 3.8) is 0 Å². The van der Waals surface area contributed by atoms with Crippen LogP contribution < -0.4 is 0 Å². The number of carboxylic acids is 1. The van der Waals surface area contributed by atoms with Crippen LogP contribution in [0.5, 0.6) is 0 Å². The molecule has 80 valence electrons. The molecule has 0 fully saturated rings. The van der Waals surface area contributed by atoms with E-state index in [0.717, 1.165) is 0 Å². The Morgan fingerprint density at radius 3 is 2.94 bits per heavy atom. The minimum atomic E-state index is -1.01. The number of rotatable bonds is 2. The maximum absolute atomic E-state index is 11.0. The summed E-state index contributed by atoms with van der Waals surface area (Å²) >= 11 is 5.84. The molecule has 0 aliphatic heterocycles. The monoisotopic (exact) mass is 234 g/mol. The lowest BCUT2D eigenvalue weighted by molar-refractivity contribution is 0.0699. The van der Waals surface area contributed by atoms with Crippen LogP contribution in [0.15, 0.2) is 24.4 Å². The lowest BCUT2D eigenvalue weighted by Crippen LogP contribution is -1.95. The van der Waals surface area contributed by atoms with E-state index in [9.17, 15) is 4.79 Å². The van der Waals surface area contributed by atoms with Gasteiger partial charge in [-0.05, 0) is 12.1 Å². The van der Waals surface area contributed by atoms with Gasteiger partial charge < -0.3 is 9.67 Å². The normalized spacial score (nSPS) is 10.2. The van der Waals surface area contributed by atoms with Crippen molar-refractivity contribution in [2.24, 2.45) is 0 Å². The largest absolute Gasteiger partial charge is 0.478 e. The summed E-state index contributed by atoms with van der Waals surface area (Å²) in [5, 5.41) is 18.8. The predicted octanol–water partition coefficient (Wildman–Crippen LogP) is 2.52. The van der Waals surface area contributed by atoms with Gasteiger partial charge in [0.1, 0.15) is 6.54 Å². The zero-order valence-electron chi connectivity index (χ0n) is 8.14. The van der Waals surface area contributed by atoms with Gasteiger partial charge in [0.05, 0.1) is 17.1 Å². The summed E-state index contributed by atoms with van der Waals surface area (Å²) < 4.78 is 1.57. The lowest BCUT2D eigenvalue weighted by atomic mass is 10.2. The number of fused-ring (bicyclic) bond motifs is 1. The maximum atomic E-state index is 11.0. The first-order valence-corrected chi connectivity index (χ1v) is 4.90. The third-order valence-electron chi connectivity index (χ3n) is 2.32. The molecule has 0 aliphatic carbocycles. The van der Waals surface area contributed by atoms with Gasteiger partial charge in [0.25, 0.3) is 0 Å². The second-order valence-corrected chi connectivity index (χ2v) is 3.73. The van der Waals surface area contributed by atoms with Crippen LogP contribution >= 0.6 is 11.6 Å². The molecule has 1 heterocycles. The van der Waals surface area contributed by atoms with Crippen LogP contribution in [0.3, 0.4) is 0 Å². The second-order valence-electron chi connectivity index (χ2n) is 3.30. The molecule has 1 aromatic heterocycles. The standard InChI is InChI=1S/C11H7ClN2O2/c12-7-1-2-8-9(11(15)16)6-14(4-3-13)10(8)5-7/h1-2,5-6H,4H2,(H,15,16). The number of carbonyl (C=O) groups is 1. The first-order valence-electron chi connectivity index (χ1n) is 4.52. The van der Waals surface area contributed by atoms with Gasteiger partial charge in [-0.25, -0.2) is 4.79 Å². The van der Waals surface area contributed by atoms with E-state index in [2.05, 4.69) is 0 Å². The molecular formula is C11H7ClN2O2. The Hall–Kier alpha value is -1.99. The average molecular weight is 235 g/mol. The number of nitriles is 1. The molecule has 5 heteroatoms. The highest BCUT2D eigenvalue weighted by molar-refractivity contribution is 6.31. The van der Waals surface area contributed by atoms with Crippen molar-refractivity contribution in [2.45, 2.75) is 6.54 Å². The molecule has 4 nitrogen and oxygen atoms in total. The number of benzene rings is 1. The summed E-state index contributed by atoms with van der Waals surface area (Å²) in [6.45, 7) is 0.101. The van der Waals surface area contributed by atoms with E-state index in [0.29, 0.717) is 15.9 Å². The lowest BCUT2D eigenvalue weighted by Gasteiger charge is -1.98. The minimum absolute atomic E-state index is 0.101. The van der Waals surface area contributed by atoms with Crippen LogP contribution in [0.1, 0.15) is 10.4 Å². The summed E-state index contributed by atoms with van der Waals surface area (Å²) in [5.74, 6) is -1.01. The van der Waals surface area contributed by atoms with Crippen molar-refractivity contribution in [3.05, 3.63) is 35.0 Å². The van der Waals surface area contributed by atoms with Crippen LogP contribution in [0, 0.1) is 11.3 Å². The van der Waals surface area contributed by atoms with Crippen molar-refractivity contribution in [1.82, 2.24) is 4.57 Å². The number of aromatic carboxylic acids is 1. The number of hydrogen-bond donors (Lipinski definition) is 1. The van der Waals surface area contributed by atoms with E-state index in [1.165, 1.54) is 6.20 Å². The topological polar surface area (TPSA) is 66.0 Å². The number of carboxylic acid groups (broad SMARTS) is 1. The predicted molar refractivity (Wildman–Crippen MR) is 59.5 cm³/mol. The van der Waals surface area contributed by atoms with E-state index in [1.807, 2.05) is 6.07 Å². The third-order valence-corrected chi connectivity index (χ3v) is 2.55. The van der Waals surface area contributed by atoms with E-state index in [1.54, 1.807) is 22.8 Å². The molecule has 0 saturated heterocycles. The number of hydrogen-bond acceptors (Lipinski definition) is 2. The van der Waals surface area contributed by atoms with Crippen molar-refractivity contribution in [3.8, 4) is 6.07 Å². The molecular weight excluding hydrogens is 228 g/mol. The maximum Gasteiger partial charge on any atom is 0.337 e. The molecule has 0 unspecified atom stereocenters. The average Bonchev–Trinajstić information content (AvgIpc) is 2.58. The van der Waals surface area contributed by atoms with Gasteiger partial charge in [0.2, 0.25) is 0 Å². The van der Waals surface area contributed by atoms with E-state index in [4.69, 9.17) is 22.0 Å². The summed E-state index contributed by atoms with van der Waals surface area (Å²) in [4.78, 5) is 11.0. The first-order chi connectivity index (χ1) is 7.63. The quantitative estimate of drug-likeness (QED) is 0.868. The van der Waals surface area contributed by atoms with Crippen LogP contribution in [-0.2, 0) is 6.54 Å². The Balaban J connectivity index is 2.77. The van der Waals surface area contributed by atoms with Crippen LogP contribution in [0.25, 0.3) is 10.9 Å². The molecule has 0 bridgehead atoms. The molecule has 1 N–H and O–H groups in total. The van der Waals surface area contributed by atoms with Crippen LogP contribution in [0.2, 0.25) is 5.02 Å². The summed E-state index contributed by atoms with van der Waals surface area (Å²) in [6, 6.07) is 6.91. The molecule has 0 saturated carbocycles. The highest BCUT2D eigenvalue weighted by Crippen LogP contribution is 2.24. The van der Waals surface area contributed by atoms with Gasteiger partial charge >= 0.3 is 5.97 Å². The summed E-state index contributed by atoms with van der Waals surface area (Å²) in [7, 11) is 0. The molecule has 0 spiro atoms. The molecule has 16 heavy (non-hydrogen) atoms. The van der Waals surface area contributed by atoms with Crippen molar-refractivity contribution in [2.75, 3.05) is 0 Å². The fourth-order valence-corrected chi connectivity index (χ4v) is 1.81. The highest BCUT2D eigenvalue weighted by atomic mass is 35.5. The number of halogens is 1. The Kier molecular flexibility index (Phi) is 2.55. The van der Waals surface area contributed by atoms with Crippen LogP contribution in [-0.4, -0.2) is 15.6 Å². The van der Waals surface area contributed by atoms with E-state index in [-0.39, 0.29) is 12.1 Å². The second kappa shape index (κ2) is 3.87. The van der Waals surface area contributed by atoms with Gasteiger partial charge in [0.15, 0.2) is 0 Å². The fourth-order valence-electron chi connectivity index (χ4n) is 1.64. The fraction of sp³-hybridized carbons (Fsp3) is 0.0909. The van der Waals surface area contributed by atoms with Crippen molar-refractivity contribution < 1.29 is 9.90 Å². The number of nitrogens with zero attached hydrogens (tertiary/aromatic N) is 2. The van der Waals surface area contributed by atoms with Gasteiger partial charge in [-0.2, -0.15) is 5.26 Å². The Morgan fingerprint density at radius 2 is 2.31 bits per heavy atom. The van der Waals surface area contributed by atoms with Gasteiger partial charge in [-0.15, -0.1) is 0 Å². The van der Waals surface area contributed by atoms with Gasteiger partial charge in [-0.3, -0.25) is 0 Å². The Bertz CT molecular complexity index is 610. The molecule has 2 rings (SSSR count). The molecule has 0 amide bonds. The zero-order chi connectivity index (χ0) is 11.7. The Morgan fingerprint density at radius 1 is 1.56 bits per heavy atom. The molecule has 0 aliphatic rings. The third kappa shape index (κ3) is 1.62. The van der Waals surface area contributed by atoms with Gasteiger partial charge in [0, 0.05) is 16.6 Å². The molecule has 0 radical (unpaired) electrons. The minimum Gasteiger partial charge on any atom is -0.478 e. The first kappa shape index (κ1) is 10.5. The van der Waals surface area contributed by atoms with Crippen LogP contribution in [0.4, 0.5) is 0 Å². The molecule has 2 aromatic rings. The number of aromatic nitrogens is 1. The molecule has 0 atom stereocenters. The smallest absolute Gasteiger partial charge is 0.337 e. The highest BCUT2D eigenvalue weighted by Gasteiger charge is 2.13.